The molecule has 0 N–H and O–H groups in total. The van der Waals surface area contributed by atoms with Crippen LogP contribution in [0.5, 0.6) is 0 Å². The molecule has 0 fully saturated rings. The van der Waals surface area contributed by atoms with Crippen LogP contribution in [-0.4, -0.2) is 0 Å². The minimum atomic E-state index is -0.408. The van der Waals surface area contributed by atoms with Gasteiger partial charge >= 0.3 is 0 Å². The Labute approximate surface area is 336 Å². The van der Waals surface area contributed by atoms with Gasteiger partial charge in [0.25, 0.3) is 0 Å². The third-order valence-electron chi connectivity index (χ3n) is 10.6. The lowest BCUT2D eigenvalue weighted by molar-refractivity contribution is 0.673. The molecule has 0 aliphatic rings. The van der Waals surface area contributed by atoms with Gasteiger partial charge in [0, 0.05) is 33.1 Å². The average Bonchev–Trinajstić information content (AvgIpc) is 3.71. The maximum absolute atomic E-state index is 9.66. The summed E-state index contributed by atoms with van der Waals surface area (Å²) in [7, 11) is 0. The maximum atomic E-state index is 9.66. The number of fused-ring (bicyclic) bond motifs is 7. The van der Waals surface area contributed by atoms with E-state index in [1.165, 1.54) is 4.90 Å². The summed E-state index contributed by atoms with van der Waals surface area (Å²) in [6.45, 7) is 0. The lowest BCUT2D eigenvalue weighted by Gasteiger charge is -2.28. The zero-order valence-electron chi connectivity index (χ0n) is 37.9. The van der Waals surface area contributed by atoms with Crippen LogP contribution >= 0.6 is 0 Å². The molecule has 0 atom stereocenters. The molecule has 1 heterocycles. The topological polar surface area (TPSA) is 16.4 Å². The SMILES string of the molecule is [2H]c1c([2H])c(N(c2ccccc2-c2ccc3c(c2)oc2c4ccccc4ccc32)c2c([2H])c([2H])c(-c3ccc4ccccc4c3)c([2H])c2[2H])c([2H])c([2H])c1-c1ccc2ccccc2c1. The molecule has 0 bridgehead atoms. The van der Waals surface area contributed by atoms with Crippen molar-refractivity contribution in [1.82, 2.24) is 0 Å². The Morgan fingerprint density at radius 1 is 0.357 bits per heavy atom. The molecule has 10 aromatic carbocycles. The van der Waals surface area contributed by atoms with E-state index in [0.29, 0.717) is 33.5 Å². The van der Waals surface area contributed by atoms with Crippen molar-refractivity contribution in [1.29, 1.82) is 0 Å². The third-order valence-corrected chi connectivity index (χ3v) is 10.6. The minimum absolute atomic E-state index is 0.104. The number of nitrogens with zero attached hydrogens (tertiary/aromatic N) is 1. The van der Waals surface area contributed by atoms with Crippen molar-refractivity contribution in [3.63, 3.8) is 0 Å². The summed E-state index contributed by atoms with van der Waals surface area (Å²) < 4.78 is 83.1. The van der Waals surface area contributed by atoms with Crippen LogP contribution < -0.4 is 4.90 Å². The van der Waals surface area contributed by atoms with Crippen molar-refractivity contribution >= 4 is 71.3 Å². The highest BCUT2D eigenvalue weighted by Crippen LogP contribution is 2.44. The van der Waals surface area contributed by atoms with Crippen LogP contribution in [0.25, 0.3) is 87.6 Å². The molecule has 0 amide bonds. The molecule has 2 nitrogen and oxygen atoms in total. The predicted molar refractivity (Wildman–Crippen MR) is 237 cm³/mol. The minimum Gasteiger partial charge on any atom is -0.455 e. The summed E-state index contributed by atoms with van der Waals surface area (Å²) in [6.07, 6.45) is 0. The van der Waals surface area contributed by atoms with Crippen LogP contribution in [0, 0.1) is 0 Å². The van der Waals surface area contributed by atoms with Gasteiger partial charge in [0.05, 0.1) is 16.7 Å². The molecule has 0 saturated carbocycles. The molecule has 0 unspecified atom stereocenters. The fourth-order valence-corrected chi connectivity index (χ4v) is 7.75. The highest BCUT2D eigenvalue weighted by molar-refractivity contribution is 6.15. The molecule has 0 spiro atoms. The fourth-order valence-electron chi connectivity index (χ4n) is 7.75. The van der Waals surface area contributed by atoms with Crippen molar-refractivity contribution in [2.75, 3.05) is 4.90 Å². The molecule has 262 valence electrons. The number of rotatable bonds is 6. The molecule has 2 heteroatoms. The molecule has 11 aromatic rings. The fraction of sp³-hybridized carbons (Fsp3) is 0. The Bertz CT molecular complexity index is 3540. The number of furan rings is 1. The first-order valence-corrected chi connectivity index (χ1v) is 18.5. The summed E-state index contributed by atoms with van der Waals surface area (Å²) in [5.41, 5.74) is 3.73. The smallest absolute Gasteiger partial charge is 0.143 e. The largest absolute Gasteiger partial charge is 0.455 e. The van der Waals surface area contributed by atoms with E-state index in [2.05, 4.69) is 6.07 Å². The number of para-hydroxylation sites is 1. The molecule has 56 heavy (non-hydrogen) atoms. The average molecular weight is 722 g/mol. The van der Waals surface area contributed by atoms with Crippen molar-refractivity contribution in [3.8, 4) is 33.4 Å². The molecule has 11 rings (SSSR count). The van der Waals surface area contributed by atoms with Crippen molar-refractivity contribution in [2.45, 2.75) is 0 Å². The lowest BCUT2D eigenvalue weighted by Crippen LogP contribution is -2.11. The first kappa shape index (κ1) is 24.8. The Morgan fingerprint density at radius 3 is 1.50 bits per heavy atom. The second-order valence-corrected chi connectivity index (χ2v) is 13.9. The maximum Gasteiger partial charge on any atom is 0.143 e. The molecule has 0 saturated heterocycles. The van der Waals surface area contributed by atoms with Gasteiger partial charge in [0.1, 0.15) is 11.2 Å². The summed E-state index contributed by atoms with van der Waals surface area (Å²) in [5, 5.41) is 7.58. The second-order valence-electron chi connectivity index (χ2n) is 13.9. The summed E-state index contributed by atoms with van der Waals surface area (Å²) in [6, 6.07) is 48.7. The van der Waals surface area contributed by atoms with E-state index in [9.17, 15) is 11.0 Å². The van der Waals surface area contributed by atoms with Gasteiger partial charge in [-0.15, -0.1) is 0 Å². The summed E-state index contributed by atoms with van der Waals surface area (Å²) >= 11 is 0. The lowest BCUT2D eigenvalue weighted by atomic mass is 9.98. The molecule has 0 aliphatic heterocycles. The first-order chi connectivity index (χ1) is 31.1. The van der Waals surface area contributed by atoms with E-state index in [0.717, 1.165) is 48.7 Å². The Balaban J connectivity index is 1.17. The van der Waals surface area contributed by atoms with E-state index in [1.54, 1.807) is 24.3 Å². The standard InChI is InChI=1S/C54H35NO/c1-3-12-41-33-43(19-17-36(41)9-1)38-21-27-46(28-22-38)55(47-29-23-39(24-30-47)44-20-18-37-10-2-4-13-42(37)34-44)52-16-8-7-14-48(52)45-26-31-50-51-32-25-40-11-5-6-15-49(40)54(51)56-53(50)35-45/h1-35H/i21D,22D,23D,24D,27D,28D,29D,30D. The molecule has 0 radical (unpaired) electrons. The van der Waals surface area contributed by atoms with Crippen LogP contribution in [0.15, 0.2) is 217 Å². The molecule has 1 aromatic heterocycles. The van der Waals surface area contributed by atoms with Crippen LogP contribution in [-0.2, 0) is 0 Å². The van der Waals surface area contributed by atoms with Gasteiger partial charge in [-0.2, -0.15) is 0 Å². The first-order valence-electron chi connectivity index (χ1n) is 22.5. The van der Waals surface area contributed by atoms with Crippen molar-refractivity contribution in [2.24, 2.45) is 0 Å². The highest BCUT2D eigenvalue weighted by atomic mass is 16.3. The van der Waals surface area contributed by atoms with Crippen molar-refractivity contribution < 1.29 is 15.4 Å². The van der Waals surface area contributed by atoms with E-state index < -0.39 is 24.2 Å². The van der Waals surface area contributed by atoms with Crippen LogP contribution in [0.2, 0.25) is 0 Å². The van der Waals surface area contributed by atoms with E-state index in [1.807, 2.05) is 133 Å². The Hall–Kier alpha value is -7.42. The second kappa shape index (κ2) is 13.2. The normalized spacial score (nSPS) is 13.6. The zero-order valence-corrected chi connectivity index (χ0v) is 29.9. The quantitative estimate of drug-likeness (QED) is 0.170. The summed E-state index contributed by atoms with van der Waals surface area (Å²) in [5.74, 6) is 0. The number of benzene rings is 10. The predicted octanol–water partition coefficient (Wildman–Crippen LogP) is 15.5. The van der Waals surface area contributed by atoms with Gasteiger partial charge < -0.3 is 9.32 Å². The van der Waals surface area contributed by atoms with Gasteiger partial charge in [0.15, 0.2) is 0 Å². The van der Waals surface area contributed by atoms with E-state index >= 15 is 0 Å². The van der Waals surface area contributed by atoms with Gasteiger partial charge in [-0.05, 0) is 115 Å². The monoisotopic (exact) mass is 721 g/mol. The zero-order chi connectivity index (χ0) is 44.0. The van der Waals surface area contributed by atoms with Crippen molar-refractivity contribution in [3.05, 3.63) is 212 Å². The van der Waals surface area contributed by atoms with Gasteiger partial charge in [-0.1, -0.05) is 152 Å². The Kier molecular flexibility index (Phi) is 5.83. The van der Waals surface area contributed by atoms with E-state index in [4.69, 9.17) is 4.42 Å². The number of anilines is 3. The molecular weight excluding hydrogens is 679 g/mol. The van der Waals surface area contributed by atoms with Crippen LogP contribution in [0.1, 0.15) is 11.0 Å². The van der Waals surface area contributed by atoms with Gasteiger partial charge in [0.2, 0.25) is 0 Å². The Morgan fingerprint density at radius 2 is 0.857 bits per heavy atom. The van der Waals surface area contributed by atoms with Gasteiger partial charge in [-0.25, -0.2) is 0 Å². The number of hydrogen-bond donors (Lipinski definition) is 0. The van der Waals surface area contributed by atoms with Crippen LogP contribution in [0.4, 0.5) is 17.1 Å². The summed E-state index contributed by atoms with van der Waals surface area (Å²) in [4.78, 5) is 1.38. The number of hydrogen-bond acceptors (Lipinski definition) is 2. The van der Waals surface area contributed by atoms with E-state index in [-0.39, 0.29) is 46.7 Å². The van der Waals surface area contributed by atoms with Crippen LogP contribution in [0.3, 0.4) is 0 Å². The third kappa shape index (κ3) is 5.51. The molecular formula is C54H35NO. The van der Waals surface area contributed by atoms with Gasteiger partial charge in [-0.3, -0.25) is 0 Å². The molecule has 0 aliphatic carbocycles. The highest BCUT2D eigenvalue weighted by Gasteiger charge is 2.19.